The molecule has 3 unspecified atom stereocenters. The Bertz CT molecular complexity index is 1540. The molecule has 0 aliphatic heterocycles. The van der Waals surface area contributed by atoms with Gasteiger partial charge in [0.2, 0.25) is 5.91 Å². The minimum absolute atomic E-state index is 0.0424. The number of nitrogens with zero attached hydrogens (tertiary/aromatic N) is 1. The Morgan fingerprint density at radius 1 is 0.522 bits per heavy atom. The molecule has 0 aliphatic carbocycles. The lowest BCUT2D eigenvalue weighted by Gasteiger charge is -2.25. The second kappa shape index (κ2) is 47.7. The summed E-state index contributed by atoms with van der Waals surface area (Å²) in [5, 5.41) is 13.8. The van der Waals surface area contributed by atoms with E-state index in [2.05, 4.69) is 141 Å². The van der Waals surface area contributed by atoms with Crippen LogP contribution in [0.5, 0.6) is 0 Å². The summed E-state index contributed by atoms with van der Waals surface area (Å²) in [6, 6.07) is -0.887. The normalized spacial score (nSPS) is 15.1. The van der Waals surface area contributed by atoms with Gasteiger partial charge in [0.1, 0.15) is 13.2 Å². The van der Waals surface area contributed by atoms with Crippen LogP contribution in [-0.4, -0.2) is 73.4 Å². The van der Waals surface area contributed by atoms with Crippen molar-refractivity contribution in [3.63, 3.8) is 0 Å². The van der Waals surface area contributed by atoms with Gasteiger partial charge in [0.25, 0.3) is 0 Å². The number of hydrogen-bond donors (Lipinski definition) is 3. The molecule has 0 saturated carbocycles. The average Bonchev–Trinajstić information content (AvgIpc) is 3.29. The molecular formula is C58H98N2O6P+. The van der Waals surface area contributed by atoms with E-state index in [0.29, 0.717) is 17.4 Å². The number of nitrogens with one attached hydrogen (secondary N) is 1. The van der Waals surface area contributed by atoms with Crippen molar-refractivity contribution >= 4 is 13.7 Å². The number of carbonyl (C=O) groups excluding carboxylic acids is 1. The standard InChI is InChI=1S/C58H97N2O6P/c1-6-8-10-12-14-16-18-20-22-23-24-25-26-27-28-29-30-31-32-33-34-35-36-37-38-40-42-44-46-48-50-52-58(62)59-56(55-66-67(63,64)65-54-53-60(3,4)5)57(61)51-49-47-45-43-41-39-21-19-17-15-13-11-9-7-2/h8,10,14,16-17,19-20,22,24-25,27-28,30-31,33-34,36-37,41,43,49,51,56-57,61H,6-7,9,11-13,15,18,21,23,26,29,32,35,38-40,42,44-48,50,52-55H2,1-5H3,(H-,59,62,63,64)/p+1/b10-8-,16-14-,19-17+,22-20-,25-24-,28-27-,31-30-,34-33-,37-36-,43-41+,51-49+. The van der Waals surface area contributed by atoms with Crippen LogP contribution in [0.3, 0.4) is 0 Å². The van der Waals surface area contributed by atoms with E-state index in [1.54, 1.807) is 6.08 Å². The largest absolute Gasteiger partial charge is 0.472 e. The molecule has 0 bridgehead atoms. The Hall–Kier alpha value is -3.36. The third-order valence-electron chi connectivity index (χ3n) is 10.6. The zero-order valence-electron chi connectivity index (χ0n) is 43.1. The molecule has 0 radical (unpaired) electrons. The van der Waals surface area contributed by atoms with E-state index in [1.807, 2.05) is 27.2 Å². The van der Waals surface area contributed by atoms with Crippen molar-refractivity contribution in [3.8, 4) is 0 Å². The molecule has 3 atom stereocenters. The minimum Gasteiger partial charge on any atom is -0.387 e. The third kappa shape index (κ3) is 50.3. The van der Waals surface area contributed by atoms with Crippen LogP contribution < -0.4 is 5.32 Å². The summed E-state index contributed by atoms with van der Waals surface area (Å²) in [7, 11) is 1.51. The van der Waals surface area contributed by atoms with Gasteiger partial charge in [-0.15, -0.1) is 0 Å². The average molecular weight is 950 g/mol. The maximum absolute atomic E-state index is 12.9. The molecule has 0 heterocycles. The number of phosphoric acid groups is 1. The molecule has 1 amide bonds. The first-order valence-electron chi connectivity index (χ1n) is 26.1. The lowest BCUT2D eigenvalue weighted by molar-refractivity contribution is -0.870. The summed E-state index contributed by atoms with van der Waals surface area (Å²) in [6.45, 7) is 4.60. The highest BCUT2D eigenvalue weighted by atomic mass is 31.2. The van der Waals surface area contributed by atoms with Gasteiger partial charge in [-0.3, -0.25) is 13.8 Å². The monoisotopic (exact) mass is 950 g/mol. The Morgan fingerprint density at radius 2 is 0.910 bits per heavy atom. The topological polar surface area (TPSA) is 105 Å². The van der Waals surface area contributed by atoms with Crippen LogP contribution in [0.1, 0.15) is 174 Å². The summed E-state index contributed by atoms with van der Waals surface area (Å²) in [5.41, 5.74) is 0. The number of hydrogen-bond acceptors (Lipinski definition) is 5. The van der Waals surface area contributed by atoms with Crippen molar-refractivity contribution in [2.45, 2.75) is 187 Å². The second-order valence-electron chi connectivity index (χ2n) is 18.1. The fraction of sp³-hybridized carbons (Fsp3) is 0.603. The maximum Gasteiger partial charge on any atom is 0.472 e. The van der Waals surface area contributed by atoms with Crippen LogP contribution in [0.15, 0.2) is 134 Å². The fourth-order valence-electron chi connectivity index (χ4n) is 6.50. The van der Waals surface area contributed by atoms with E-state index >= 15 is 0 Å². The van der Waals surface area contributed by atoms with Crippen molar-refractivity contribution in [2.75, 3.05) is 40.9 Å². The van der Waals surface area contributed by atoms with Crippen LogP contribution >= 0.6 is 7.82 Å². The van der Waals surface area contributed by atoms with Crippen LogP contribution in [0.2, 0.25) is 0 Å². The maximum atomic E-state index is 12.9. The molecule has 9 heteroatoms. The Morgan fingerprint density at radius 3 is 1.37 bits per heavy atom. The molecular weight excluding hydrogens is 852 g/mol. The van der Waals surface area contributed by atoms with Gasteiger partial charge in [-0.1, -0.05) is 192 Å². The van der Waals surface area contributed by atoms with Gasteiger partial charge >= 0.3 is 7.82 Å². The number of rotatable bonds is 45. The number of likely N-dealkylation sites (N-methyl/N-ethyl adjacent to an activating group) is 1. The molecule has 0 aromatic carbocycles. The fourth-order valence-corrected chi connectivity index (χ4v) is 7.23. The predicted molar refractivity (Wildman–Crippen MR) is 290 cm³/mol. The van der Waals surface area contributed by atoms with Crippen molar-refractivity contribution in [3.05, 3.63) is 134 Å². The summed E-state index contributed by atoms with van der Waals surface area (Å²) in [5.74, 6) is -0.214. The first-order chi connectivity index (χ1) is 32.5. The lowest BCUT2D eigenvalue weighted by atomic mass is 10.1. The number of unbranched alkanes of at least 4 members (excludes halogenated alkanes) is 12. The van der Waals surface area contributed by atoms with E-state index in [1.165, 1.54) is 25.7 Å². The van der Waals surface area contributed by atoms with Crippen molar-refractivity contribution < 1.29 is 32.9 Å². The van der Waals surface area contributed by atoms with Crippen LogP contribution in [0.4, 0.5) is 0 Å². The van der Waals surface area contributed by atoms with Gasteiger partial charge < -0.3 is 19.8 Å². The number of phosphoric ester groups is 1. The summed E-state index contributed by atoms with van der Waals surface area (Å²) < 4.78 is 23.6. The molecule has 0 saturated heterocycles. The van der Waals surface area contributed by atoms with Gasteiger partial charge in [-0.2, -0.15) is 0 Å². The van der Waals surface area contributed by atoms with E-state index in [4.69, 9.17) is 9.05 Å². The Kier molecular flexibility index (Phi) is 45.3. The Labute approximate surface area is 411 Å². The number of quaternary nitrogens is 1. The highest BCUT2D eigenvalue weighted by Gasteiger charge is 2.27. The van der Waals surface area contributed by atoms with Gasteiger partial charge in [-0.25, -0.2) is 4.57 Å². The molecule has 0 aliphatic rings. The quantitative estimate of drug-likeness (QED) is 0.0243. The first kappa shape index (κ1) is 63.6. The number of allylic oxidation sites excluding steroid dienone is 21. The van der Waals surface area contributed by atoms with Crippen molar-refractivity contribution in [1.29, 1.82) is 0 Å². The molecule has 0 aromatic rings. The minimum atomic E-state index is -4.37. The van der Waals surface area contributed by atoms with Crippen molar-refractivity contribution in [1.82, 2.24) is 5.32 Å². The van der Waals surface area contributed by atoms with Gasteiger partial charge in [-0.05, 0) is 109 Å². The first-order valence-corrected chi connectivity index (χ1v) is 27.6. The lowest BCUT2D eigenvalue weighted by Crippen LogP contribution is -2.45. The Balaban J connectivity index is 4.34. The molecule has 3 N–H and O–H groups in total. The third-order valence-corrected chi connectivity index (χ3v) is 11.6. The van der Waals surface area contributed by atoms with E-state index in [0.717, 1.165) is 128 Å². The van der Waals surface area contributed by atoms with E-state index < -0.39 is 20.0 Å². The highest BCUT2D eigenvalue weighted by molar-refractivity contribution is 7.47. The van der Waals surface area contributed by atoms with Gasteiger partial charge in [0.05, 0.1) is 39.9 Å². The predicted octanol–water partition coefficient (Wildman–Crippen LogP) is 15.6. The smallest absolute Gasteiger partial charge is 0.387 e. The van der Waals surface area contributed by atoms with Gasteiger partial charge in [0.15, 0.2) is 0 Å². The van der Waals surface area contributed by atoms with Crippen molar-refractivity contribution in [2.24, 2.45) is 0 Å². The van der Waals surface area contributed by atoms with E-state index in [-0.39, 0.29) is 19.1 Å². The summed E-state index contributed by atoms with van der Waals surface area (Å²) in [6.07, 6.45) is 72.5. The molecule has 67 heavy (non-hydrogen) atoms. The number of aliphatic hydroxyl groups excluding tert-OH is 1. The second-order valence-corrected chi connectivity index (χ2v) is 19.6. The molecule has 0 spiro atoms. The number of aliphatic hydroxyl groups is 1. The highest BCUT2D eigenvalue weighted by Crippen LogP contribution is 2.43. The number of carbonyl (C=O) groups is 1. The van der Waals surface area contributed by atoms with Crippen LogP contribution in [-0.2, 0) is 18.4 Å². The molecule has 0 rings (SSSR count). The number of amides is 1. The SMILES string of the molecule is CC/C=C\C/C=C\C/C=C\C/C=C\C/C=C\C/C=C\C/C=C\C/C=C\CCCCCCCCC(=O)NC(COP(=O)(O)OCC[N+](C)(C)C)C(O)/C=C/CC/C=C/CC/C=C/CCCCCC. The van der Waals surface area contributed by atoms with Crippen LogP contribution in [0.25, 0.3) is 0 Å². The zero-order chi connectivity index (χ0) is 49.2. The molecule has 0 fully saturated rings. The molecule has 380 valence electrons. The van der Waals surface area contributed by atoms with Crippen LogP contribution in [0, 0.1) is 0 Å². The van der Waals surface area contributed by atoms with Gasteiger partial charge in [0, 0.05) is 6.42 Å². The summed E-state index contributed by atoms with van der Waals surface area (Å²) >= 11 is 0. The molecule has 0 aromatic heterocycles. The summed E-state index contributed by atoms with van der Waals surface area (Å²) in [4.78, 5) is 23.2. The molecule has 8 nitrogen and oxygen atoms in total. The zero-order valence-corrected chi connectivity index (χ0v) is 44.0. The van der Waals surface area contributed by atoms with E-state index in [9.17, 15) is 19.4 Å².